The van der Waals surface area contributed by atoms with E-state index in [1.165, 1.54) is 37.4 Å². The number of non-ortho nitro benzene ring substituents is 1. The van der Waals surface area contributed by atoms with Crippen molar-refractivity contribution < 1.29 is 22.9 Å². The maximum Gasteiger partial charge on any atom is 0.273 e. The van der Waals surface area contributed by atoms with Crippen LogP contribution in [0.4, 0.5) is 11.4 Å². The fourth-order valence-corrected chi connectivity index (χ4v) is 3.40. The van der Waals surface area contributed by atoms with E-state index in [2.05, 4.69) is 26.0 Å². The Labute approximate surface area is 164 Å². The van der Waals surface area contributed by atoms with E-state index in [-0.39, 0.29) is 35.0 Å². The van der Waals surface area contributed by atoms with Gasteiger partial charge in [0.15, 0.2) is 0 Å². The summed E-state index contributed by atoms with van der Waals surface area (Å²) < 4.78 is 32.4. The summed E-state index contributed by atoms with van der Waals surface area (Å²) in [7, 11) is -2.40. The van der Waals surface area contributed by atoms with E-state index < -0.39 is 20.9 Å². The number of anilines is 1. The zero-order valence-electron chi connectivity index (χ0n) is 14.1. The highest BCUT2D eigenvalue weighted by molar-refractivity contribution is 9.10. The number of halogens is 1. The number of carbonyl (C=O) groups excluding carboxylic acids is 1. The van der Waals surface area contributed by atoms with Crippen LogP contribution < -0.4 is 14.8 Å². The number of methoxy groups -OCH3 is 1. The minimum absolute atomic E-state index is 0.0862. The summed E-state index contributed by atoms with van der Waals surface area (Å²) in [6, 6.07) is 9.84. The van der Waals surface area contributed by atoms with Crippen molar-refractivity contribution in [2.45, 2.75) is 11.3 Å². The number of rotatable bonds is 8. The van der Waals surface area contributed by atoms with E-state index in [4.69, 9.17) is 4.74 Å². The first-order chi connectivity index (χ1) is 12.7. The summed E-state index contributed by atoms with van der Waals surface area (Å²) in [5.41, 5.74) is 0.0796. The lowest BCUT2D eigenvalue weighted by Crippen LogP contribution is -2.27. The molecular weight excluding hydrogens is 442 g/mol. The molecule has 9 nitrogen and oxygen atoms in total. The molecule has 0 aromatic heterocycles. The Bertz CT molecular complexity index is 947. The van der Waals surface area contributed by atoms with Crippen LogP contribution in [0, 0.1) is 10.1 Å². The molecule has 1 amide bonds. The van der Waals surface area contributed by atoms with E-state index >= 15 is 0 Å². The molecular formula is C16H16BrN3O6S. The molecule has 2 aromatic rings. The highest BCUT2D eigenvalue weighted by atomic mass is 79.9. The third-order valence-corrected chi connectivity index (χ3v) is 5.44. The SMILES string of the molecule is COc1cc([N+](=O)[O-])ccc1NC(=O)CCNS(=O)(=O)c1ccc(Br)cc1. The van der Waals surface area contributed by atoms with Crippen LogP contribution in [0.2, 0.25) is 0 Å². The third kappa shape index (κ3) is 5.74. The van der Waals surface area contributed by atoms with Gasteiger partial charge in [-0.15, -0.1) is 0 Å². The molecule has 2 rings (SSSR count). The van der Waals surface area contributed by atoms with Crippen molar-refractivity contribution in [3.8, 4) is 5.75 Å². The van der Waals surface area contributed by atoms with Crippen molar-refractivity contribution in [2.75, 3.05) is 19.0 Å². The van der Waals surface area contributed by atoms with Crippen molar-refractivity contribution >= 4 is 43.2 Å². The molecule has 0 saturated carbocycles. The monoisotopic (exact) mass is 457 g/mol. The van der Waals surface area contributed by atoms with Gasteiger partial charge >= 0.3 is 0 Å². The third-order valence-electron chi connectivity index (χ3n) is 3.44. The Hall–Kier alpha value is -2.50. The quantitative estimate of drug-likeness (QED) is 0.463. The normalized spacial score (nSPS) is 11.0. The lowest BCUT2D eigenvalue weighted by atomic mass is 10.2. The number of benzene rings is 2. The number of sulfonamides is 1. The first-order valence-electron chi connectivity index (χ1n) is 7.60. The van der Waals surface area contributed by atoms with Crippen molar-refractivity contribution in [3.05, 3.63) is 57.1 Å². The summed E-state index contributed by atoms with van der Waals surface area (Å²) >= 11 is 3.22. The van der Waals surface area contributed by atoms with Gasteiger partial charge in [-0.25, -0.2) is 13.1 Å². The predicted octanol–water partition coefficient (Wildman–Crippen LogP) is 2.67. The highest BCUT2D eigenvalue weighted by Gasteiger charge is 2.16. The average Bonchev–Trinajstić information content (AvgIpc) is 2.62. The Morgan fingerprint density at radius 1 is 1.22 bits per heavy atom. The summed E-state index contributed by atoms with van der Waals surface area (Å²) in [6.07, 6.45) is -0.129. The largest absolute Gasteiger partial charge is 0.494 e. The molecule has 0 aliphatic carbocycles. The summed E-state index contributed by atoms with van der Waals surface area (Å²) in [4.78, 5) is 22.3. The first kappa shape index (κ1) is 20.8. The van der Waals surface area contributed by atoms with Crippen LogP contribution in [0.15, 0.2) is 51.8 Å². The minimum Gasteiger partial charge on any atom is -0.494 e. The number of nitro groups is 1. The lowest BCUT2D eigenvalue weighted by molar-refractivity contribution is -0.384. The number of nitrogens with zero attached hydrogens (tertiary/aromatic N) is 1. The van der Waals surface area contributed by atoms with E-state index in [1.807, 2.05) is 0 Å². The molecule has 0 saturated heterocycles. The molecule has 0 spiro atoms. The van der Waals surface area contributed by atoms with E-state index in [1.54, 1.807) is 12.1 Å². The Morgan fingerprint density at radius 2 is 1.89 bits per heavy atom. The van der Waals surface area contributed by atoms with Crippen molar-refractivity contribution in [1.82, 2.24) is 4.72 Å². The molecule has 11 heteroatoms. The van der Waals surface area contributed by atoms with Crippen LogP contribution in [0.25, 0.3) is 0 Å². The second-order valence-electron chi connectivity index (χ2n) is 5.29. The molecule has 0 aliphatic rings. The van der Waals surface area contributed by atoms with Gasteiger partial charge in [-0.3, -0.25) is 14.9 Å². The van der Waals surface area contributed by atoms with Gasteiger partial charge in [0.05, 0.1) is 28.7 Å². The number of hydrogen-bond donors (Lipinski definition) is 2. The second kappa shape index (κ2) is 8.93. The maximum absolute atomic E-state index is 12.1. The fraction of sp³-hybridized carbons (Fsp3) is 0.188. The van der Waals surface area contributed by atoms with E-state index in [0.29, 0.717) is 0 Å². The molecule has 0 fully saturated rings. The first-order valence-corrected chi connectivity index (χ1v) is 9.88. The number of carbonyl (C=O) groups is 1. The Morgan fingerprint density at radius 3 is 2.48 bits per heavy atom. The Kier molecular flexibility index (Phi) is 6.88. The standard InChI is InChI=1S/C16H16BrN3O6S/c1-26-15-10-12(20(22)23)4-7-14(15)19-16(21)8-9-18-27(24,25)13-5-2-11(17)3-6-13/h2-7,10,18H,8-9H2,1H3,(H,19,21). The van der Waals surface area contributed by atoms with Gasteiger partial charge in [0.1, 0.15) is 5.75 Å². The van der Waals surface area contributed by atoms with Gasteiger partial charge in [-0.1, -0.05) is 15.9 Å². The minimum atomic E-state index is -3.72. The van der Waals surface area contributed by atoms with Gasteiger partial charge in [0.25, 0.3) is 5.69 Å². The lowest BCUT2D eigenvalue weighted by Gasteiger charge is -2.10. The van der Waals surface area contributed by atoms with E-state index in [9.17, 15) is 23.3 Å². The molecule has 2 N–H and O–H groups in total. The molecule has 0 radical (unpaired) electrons. The molecule has 144 valence electrons. The van der Waals surface area contributed by atoms with Crippen molar-refractivity contribution in [3.63, 3.8) is 0 Å². The van der Waals surface area contributed by atoms with Gasteiger partial charge in [0, 0.05) is 23.5 Å². The molecule has 2 aromatic carbocycles. The predicted molar refractivity (Wildman–Crippen MR) is 102 cm³/mol. The molecule has 27 heavy (non-hydrogen) atoms. The second-order valence-corrected chi connectivity index (χ2v) is 7.97. The number of nitro benzene ring substituents is 1. The summed E-state index contributed by atoms with van der Waals surface area (Å²) in [6.45, 7) is -0.112. The summed E-state index contributed by atoms with van der Waals surface area (Å²) in [5, 5.41) is 13.3. The van der Waals surface area contributed by atoms with Crippen molar-refractivity contribution in [2.24, 2.45) is 0 Å². The van der Waals surface area contributed by atoms with Gasteiger partial charge in [-0.2, -0.15) is 0 Å². The van der Waals surface area contributed by atoms with Crippen LogP contribution in [0.1, 0.15) is 6.42 Å². The van der Waals surface area contributed by atoms with Crippen LogP contribution >= 0.6 is 15.9 Å². The number of nitrogens with one attached hydrogen (secondary N) is 2. The highest BCUT2D eigenvalue weighted by Crippen LogP contribution is 2.29. The number of hydrogen-bond acceptors (Lipinski definition) is 6. The van der Waals surface area contributed by atoms with Crippen LogP contribution in [-0.2, 0) is 14.8 Å². The van der Waals surface area contributed by atoms with Crippen LogP contribution in [-0.4, -0.2) is 32.9 Å². The zero-order valence-corrected chi connectivity index (χ0v) is 16.5. The molecule has 0 atom stereocenters. The smallest absolute Gasteiger partial charge is 0.273 e. The van der Waals surface area contributed by atoms with E-state index in [0.717, 1.165) is 4.47 Å². The molecule has 0 bridgehead atoms. The Balaban J connectivity index is 1.95. The fourth-order valence-electron chi connectivity index (χ4n) is 2.11. The van der Waals surface area contributed by atoms with Gasteiger partial charge in [-0.05, 0) is 30.3 Å². The topological polar surface area (TPSA) is 128 Å². The number of ether oxygens (including phenoxy) is 1. The summed E-state index contributed by atoms with van der Waals surface area (Å²) in [5.74, 6) is -0.339. The maximum atomic E-state index is 12.1. The average molecular weight is 458 g/mol. The molecule has 0 heterocycles. The van der Waals surface area contributed by atoms with Gasteiger partial charge in [0.2, 0.25) is 15.9 Å². The van der Waals surface area contributed by atoms with Crippen LogP contribution in [0.3, 0.4) is 0 Å². The zero-order chi connectivity index (χ0) is 20.0. The molecule has 0 unspecified atom stereocenters. The van der Waals surface area contributed by atoms with Crippen LogP contribution in [0.5, 0.6) is 5.75 Å². The molecule has 0 aliphatic heterocycles. The van der Waals surface area contributed by atoms with Crippen molar-refractivity contribution in [1.29, 1.82) is 0 Å². The van der Waals surface area contributed by atoms with Gasteiger partial charge < -0.3 is 10.1 Å². The number of amides is 1.